The van der Waals surface area contributed by atoms with Gasteiger partial charge >= 0.3 is 6.01 Å². The molecule has 182 valence electrons. The Morgan fingerprint density at radius 3 is 2.49 bits per heavy atom. The van der Waals surface area contributed by atoms with E-state index in [4.69, 9.17) is 4.74 Å². The number of amides is 1. The van der Waals surface area contributed by atoms with Crippen LogP contribution < -0.4 is 10.1 Å². The molecule has 5 heteroatoms. The predicted molar refractivity (Wildman–Crippen MR) is 139 cm³/mol. The molecule has 1 aromatic heterocycles. The molecule has 0 saturated heterocycles. The average Bonchev–Trinajstić information content (AvgIpc) is 3.13. The highest BCUT2D eigenvalue weighted by Crippen LogP contribution is 2.62. The van der Waals surface area contributed by atoms with E-state index in [1.165, 1.54) is 17.6 Å². The second kappa shape index (κ2) is 9.10. The Morgan fingerprint density at radius 2 is 1.77 bits per heavy atom. The fourth-order valence-electron chi connectivity index (χ4n) is 6.16. The minimum Gasteiger partial charge on any atom is -0.459 e. The van der Waals surface area contributed by atoms with Crippen LogP contribution in [0, 0.1) is 16.7 Å². The first kappa shape index (κ1) is 23.5. The van der Waals surface area contributed by atoms with Gasteiger partial charge in [-0.25, -0.2) is 9.97 Å². The smallest absolute Gasteiger partial charge is 0.316 e. The second-order valence-corrected chi connectivity index (χ2v) is 11.0. The zero-order valence-corrected chi connectivity index (χ0v) is 21.2. The van der Waals surface area contributed by atoms with Crippen LogP contribution in [0.4, 0.5) is 5.69 Å². The van der Waals surface area contributed by atoms with E-state index in [-0.39, 0.29) is 22.8 Å². The lowest BCUT2D eigenvalue weighted by Crippen LogP contribution is -2.45. The molecule has 1 amide bonds. The molecule has 1 fully saturated rings. The number of anilines is 1. The van der Waals surface area contributed by atoms with Gasteiger partial charge in [-0.05, 0) is 66.4 Å². The number of ether oxygens (including phenoxy) is 1. The molecule has 35 heavy (non-hydrogen) atoms. The number of carbonyl (C=O) groups is 1. The van der Waals surface area contributed by atoms with Crippen LogP contribution in [0.15, 0.2) is 83.2 Å². The fraction of sp³-hybridized carbons (Fsp3) is 0.433. The summed E-state index contributed by atoms with van der Waals surface area (Å²) in [5.41, 5.74) is 5.83. The molecular formula is C30H35N3O2. The van der Waals surface area contributed by atoms with E-state index in [1.807, 2.05) is 36.4 Å². The highest BCUT2D eigenvalue weighted by atomic mass is 16.5. The van der Waals surface area contributed by atoms with Gasteiger partial charge in [0, 0.05) is 35.5 Å². The van der Waals surface area contributed by atoms with Gasteiger partial charge in [0.1, 0.15) is 6.10 Å². The van der Waals surface area contributed by atoms with E-state index < -0.39 is 0 Å². The van der Waals surface area contributed by atoms with E-state index in [0.29, 0.717) is 23.9 Å². The minimum absolute atomic E-state index is 0.0925. The molecule has 2 aromatic rings. The molecular weight excluding hydrogens is 434 g/mol. The van der Waals surface area contributed by atoms with Crippen molar-refractivity contribution in [3.63, 3.8) is 0 Å². The second-order valence-electron chi connectivity index (χ2n) is 11.0. The Bertz CT molecular complexity index is 1200. The first-order chi connectivity index (χ1) is 16.8. The molecule has 1 aromatic carbocycles. The number of carbonyl (C=O) groups excluding carboxylic acids is 1. The maximum atomic E-state index is 13.4. The lowest BCUT2D eigenvalue weighted by Gasteiger charge is -2.48. The highest BCUT2D eigenvalue weighted by molar-refractivity contribution is 6.04. The molecule has 3 atom stereocenters. The zero-order chi connectivity index (χ0) is 24.6. The van der Waals surface area contributed by atoms with Gasteiger partial charge in [-0.15, -0.1) is 0 Å². The Kier molecular flexibility index (Phi) is 6.12. The normalized spacial score (nSPS) is 28.0. The molecule has 0 aliphatic heterocycles. The summed E-state index contributed by atoms with van der Waals surface area (Å²) in [6.45, 7) is 9.34. The number of benzene rings is 1. The summed E-state index contributed by atoms with van der Waals surface area (Å²) >= 11 is 0. The van der Waals surface area contributed by atoms with Crippen LogP contribution >= 0.6 is 0 Å². The van der Waals surface area contributed by atoms with Crippen molar-refractivity contribution >= 4 is 11.6 Å². The first-order valence-corrected chi connectivity index (χ1v) is 12.8. The third-order valence-corrected chi connectivity index (χ3v) is 8.33. The maximum absolute atomic E-state index is 13.4. The van der Waals surface area contributed by atoms with Gasteiger partial charge in [0.25, 0.3) is 5.91 Å². The van der Waals surface area contributed by atoms with Crippen molar-refractivity contribution in [2.75, 3.05) is 5.32 Å². The number of nitrogens with one attached hydrogen (secondary N) is 1. The number of hydrogen-bond acceptors (Lipinski definition) is 4. The Hall–Kier alpha value is -3.21. The van der Waals surface area contributed by atoms with E-state index in [0.717, 1.165) is 24.9 Å². The van der Waals surface area contributed by atoms with E-state index >= 15 is 0 Å². The SMILES string of the molecule is CC(C)C1=C2C3=CC=C(C(=O)Nc4ccccc4)CC(Oc4ncccn4)[C@]3(C)CCC2(C)CC1. The topological polar surface area (TPSA) is 64.1 Å². The van der Waals surface area contributed by atoms with Crippen LogP contribution in [0.3, 0.4) is 0 Å². The van der Waals surface area contributed by atoms with Crippen molar-refractivity contribution in [1.29, 1.82) is 0 Å². The summed E-state index contributed by atoms with van der Waals surface area (Å²) in [4.78, 5) is 22.1. The van der Waals surface area contributed by atoms with Gasteiger partial charge in [0.15, 0.2) is 0 Å². The van der Waals surface area contributed by atoms with E-state index in [1.54, 1.807) is 24.0 Å². The van der Waals surface area contributed by atoms with Crippen LogP contribution in [-0.2, 0) is 4.79 Å². The Balaban J connectivity index is 1.58. The van der Waals surface area contributed by atoms with E-state index in [9.17, 15) is 4.79 Å². The largest absolute Gasteiger partial charge is 0.459 e. The van der Waals surface area contributed by atoms with Crippen molar-refractivity contribution in [1.82, 2.24) is 9.97 Å². The van der Waals surface area contributed by atoms with Gasteiger partial charge < -0.3 is 10.1 Å². The lowest BCUT2D eigenvalue weighted by atomic mass is 9.57. The van der Waals surface area contributed by atoms with Gasteiger partial charge in [-0.2, -0.15) is 0 Å². The van der Waals surface area contributed by atoms with Crippen molar-refractivity contribution in [2.45, 2.75) is 65.9 Å². The predicted octanol–water partition coefficient (Wildman–Crippen LogP) is 6.67. The van der Waals surface area contributed by atoms with Crippen molar-refractivity contribution in [2.24, 2.45) is 16.7 Å². The van der Waals surface area contributed by atoms with Gasteiger partial charge in [-0.1, -0.05) is 63.6 Å². The summed E-state index contributed by atoms with van der Waals surface area (Å²) in [5, 5.41) is 3.06. The van der Waals surface area contributed by atoms with Crippen LogP contribution in [0.25, 0.3) is 0 Å². The zero-order valence-electron chi connectivity index (χ0n) is 21.2. The fourth-order valence-corrected chi connectivity index (χ4v) is 6.16. The van der Waals surface area contributed by atoms with Gasteiger partial charge in [0.2, 0.25) is 0 Å². The summed E-state index contributed by atoms with van der Waals surface area (Å²) in [6, 6.07) is 11.8. The number of rotatable bonds is 5. The molecule has 1 saturated carbocycles. The summed E-state index contributed by atoms with van der Waals surface area (Å²) < 4.78 is 6.51. The van der Waals surface area contributed by atoms with Crippen molar-refractivity contribution in [3.8, 4) is 6.01 Å². The van der Waals surface area contributed by atoms with Crippen LogP contribution in [0.2, 0.25) is 0 Å². The molecule has 3 aliphatic carbocycles. The van der Waals surface area contributed by atoms with Gasteiger partial charge in [0.05, 0.1) is 0 Å². The molecule has 0 bridgehead atoms. The number of hydrogen-bond donors (Lipinski definition) is 1. The van der Waals surface area contributed by atoms with Crippen LogP contribution in [0.1, 0.15) is 59.8 Å². The third kappa shape index (κ3) is 4.33. The van der Waals surface area contributed by atoms with Crippen molar-refractivity contribution < 1.29 is 9.53 Å². The standard InChI is InChI=1S/C30H35N3O2/c1-20(2)23-13-14-29(3)15-16-30(4)24(26(23)29)12-11-21(27(34)33-22-9-6-5-7-10-22)19-25(30)35-28-31-17-8-18-32-28/h5-12,17-18,20,25H,13-16,19H2,1-4H3,(H,33,34)/t25?,29?,30-/m1/s1. The molecule has 5 nitrogen and oxygen atoms in total. The summed E-state index contributed by atoms with van der Waals surface area (Å²) in [5.74, 6) is 0.408. The third-order valence-electron chi connectivity index (χ3n) is 8.33. The lowest BCUT2D eigenvalue weighted by molar-refractivity contribution is -0.113. The Morgan fingerprint density at radius 1 is 1.03 bits per heavy atom. The highest BCUT2D eigenvalue weighted by Gasteiger charge is 2.53. The monoisotopic (exact) mass is 469 g/mol. The molecule has 0 spiro atoms. The molecule has 5 rings (SSSR count). The number of aromatic nitrogens is 2. The minimum atomic E-state index is -0.252. The summed E-state index contributed by atoms with van der Waals surface area (Å²) in [7, 11) is 0. The number of para-hydroxylation sites is 1. The molecule has 1 N–H and O–H groups in total. The van der Waals surface area contributed by atoms with Gasteiger partial charge in [-0.3, -0.25) is 4.79 Å². The first-order valence-electron chi connectivity index (χ1n) is 12.8. The quantitative estimate of drug-likeness (QED) is 0.531. The molecule has 3 aliphatic rings. The number of fused-ring (bicyclic) bond motifs is 3. The molecule has 0 radical (unpaired) electrons. The summed E-state index contributed by atoms with van der Waals surface area (Å²) in [6.07, 6.45) is 12.3. The number of nitrogens with zero attached hydrogens (tertiary/aromatic N) is 2. The molecule has 2 unspecified atom stereocenters. The molecule has 1 heterocycles. The Labute approximate surface area is 208 Å². The van der Waals surface area contributed by atoms with Crippen molar-refractivity contribution in [3.05, 3.63) is 83.2 Å². The maximum Gasteiger partial charge on any atom is 0.316 e. The van der Waals surface area contributed by atoms with Crippen LogP contribution in [0.5, 0.6) is 6.01 Å². The number of allylic oxidation sites excluding steroid dienone is 4. The van der Waals surface area contributed by atoms with Crippen LogP contribution in [-0.4, -0.2) is 22.0 Å². The van der Waals surface area contributed by atoms with E-state index in [2.05, 4.69) is 49.1 Å². The average molecular weight is 470 g/mol.